The average molecular weight is 199 g/mol. The molecule has 0 aromatic rings. The van der Waals surface area contributed by atoms with Crippen molar-refractivity contribution in [1.82, 2.24) is 5.32 Å². The number of carbonyl (C=O) groups is 3. The third-order valence-corrected chi connectivity index (χ3v) is 3.00. The largest absolute Gasteiger partial charge is 0.481 e. The van der Waals surface area contributed by atoms with Gasteiger partial charge in [-0.2, -0.15) is 0 Å². The Morgan fingerprint density at radius 3 is 2.29 bits per heavy atom. The maximum Gasteiger partial charge on any atom is 0.326 e. The van der Waals surface area contributed by atoms with E-state index in [0.29, 0.717) is 0 Å². The number of carbonyl (C=O) groups excluding carboxylic acids is 1. The second kappa shape index (κ2) is 2.46. The van der Waals surface area contributed by atoms with Crippen LogP contribution in [0.25, 0.3) is 0 Å². The Bertz CT molecular complexity index is 327. The second-order valence-corrected chi connectivity index (χ2v) is 3.82. The zero-order valence-corrected chi connectivity index (χ0v) is 7.19. The van der Waals surface area contributed by atoms with Gasteiger partial charge in [-0.15, -0.1) is 0 Å². The molecule has 1 amide bonds. The summed E-state index contributed by atoms with van der Waals surface area (Å²) in [6.07, 6.45) is 0.357. The Morgan fingerprint density at radius 2 is 1.93 bits per heavy atom. The Balaban J connectivity index is 2.15. The number of aliphatic carboxylic acids is 2. The van der Waals surface area contributed by atoms with Crippen molar-refractivity contribution in [2.24, 2.45) is 11.3 Å². The summed E-state index contributed by atoms with van der Waals surface area (Å²) in [4.78, 5) is 32.5. The van der Waals surface area contributed by atoms with Crippen LogP contribution in [0.2, 0.25) is 0 Å². The van der Waals surface area contributed by atoms with Crippen LogP contribution in [0.4, 0.5) is 0 Å². The van der Waals surface area contributed by atoms with Gasteiger partial charge in [0.25, 0.3) is 0 Å². The first kappa shape index (κ1) is 8.98. The molecule has 2 rings (SSSR count). The van der Waals surface area contributed by atoms with Crippen molar-refractivity contribution in [1.29, 1.82) is 0 Å². The fourth-order valence-electron chi connectivity index (χ4n) is 2.06. The first-order chi connectivity index (χ1) is 6.47. The molecule has 1 saturated carbocycles. The first-order valence-electron chi connectivity index (χ1n) is 4.24. The number of rotatable bonds is 2. The molecule has 0 aromatic carbocycles. The summed E-state index contributed by atoms with van der Waals surface area (Å²) in [5.74, 6) is -3.26. The molecule has 76 valence electrons. The van der Waals surface area contributed by atoms with Gasteiger partial charge in [0.1, 0.15) is 6.04 Å². The van der Waals surface area contributed by atoms with Crippen molar-refractivity contribution in [3.63, 3.8) is 0 Å². The van der Waals surface area contributed by atoms with Gasteiger partial charge in [-0.3, -0.25) is 9.59 Å². The van der Waals surface area contributed by atoms with Gasteiger partial charge in [-0.05, 0) is 12.8 Å². The maximum absolute atomic E-state index is 11.4. The highest BCUT2D eigenvalue weighted by atomic mass is 16.4. The van der Waals surface area contributed by atoms with Crippen LogP contribution in [-0.2, 0) is 14.4 Å². The van der Waals surface area contributed by atoms with Gasteiger partial charge in [0, 0.05) is 0 Å². The van der Waals surface area contributed by atoms with E-state index in [1.807, 2.05) is 0 Å². The van der Waals surface area contributed by atoms with Gasteiger partial charge in [-0.1, -0.05) is 0 Å². The van der Waals surface area contributed by atoms with Crippen LogP contribution >= 0.6 is 0 Å². The molecule has 0 unspecified atom stereocenters. The third kappa shape index (κ3) is 0.997. The summed E-state index contributed by atoms with van der Waals surface area (Å²) in [6.45, 7) is 0. The topological polar surface area (TPSA) is 104 Å². The van der Waals surface area contributed by atoms with Gasteiger partial charge in [-0.25, -0.2) is 4.79 Å². The normalized spacial score (nSPS) is 39.6. The molecular formula is C8H9NO5. The quantitative estimate of drug-likeness (QED) is 0.532. The third-order valence-electron chi connectivity index (χ3n) is 3.00. The van der Waals surface area contributed by atoms with Crippen LogP contribution in [0.3, 0.4) is 0 Å². The van der Waals surface area contributed by atoms with Crippen molar-refractivity contribution >= 4 is 17.8 Å². The molecule has 2 aliphatic rings. The summed E-state index contributed by atoms with van der Waals surface area (Å²) < 4.78 is 0. The van der Waals surface area contributed by atoms with E-state index < -0.39 is 35.2 Å². The summed E-state index contributed by atoms with van der Waals surface area (Å²) >= 11 is 0. The summed E-state index contributed by atoms with van der Waals surface area (Å²) in [5, 5.41) is 19.6. The van der Waals surface area contributed by atoms with E-state index in [-0.39, 0.29) is 12.8 Å². The molecule has 0 aromatic heterocycles. The lowest BCUT2D eigenvalue weighted by atomic mass is 9.99. The Kier molecular flexibility index (Phi) is 1.58. The minimum Gasteiger partial charge on any atom is -0.481 e. The van der Waals surface area contributed by atoms with E-state index in [2.05, 4.69) is 5.32 Å². The lowest BCUT2D eigenvalue weighted by Gasteiger charge is -2.01. The second-order valence-electron chi connectivity index (χ2n) is 3.82. The number of carboxylic acids is 2. The molecule has 3 atom stereocenters. The van der Waals surface area contributed by atoms with Gasteiger partial charge in [0.2, 0.25) is 5.91 Å². The highest BCUT2D eigenvalue weighted by Crippen LogP contribution is 2.58. The zero-order chi connectivity index (χ0) is 10.5. The predicted molar refractivity (Wildman–Crippen MR) is 42.4 cm³/mol. The van der Waals surface area contributed by atoms with Crippen molar-refractivity contribution in [3.05, 3.63) is 0 Å². The predicted octanol–water partition coefficient (Wildman–Crippen LogP) is -0.950. The molecule has 6 heteroatoms. The molecule has 0 radical (unpaired) electrons. The Hall–Kier alpha value is -1.59. The summed E-state index contributed by atoms with van der Waals surface area (Å²) in [6, 6.07) is -0.924. The minimum absolute atomic E-state index is 0.0954. The average Bonchev–Trinajstić information content (AvgIpc) is 2.69. The molecule has 0 bridgehead atoms. The van der Waals surface area contributed by atoms with Crippen molar-refractivity contribution in [3.8, 4) is 0 Å². The van der Waals surface area contributed by atoms with Gasteiger partial charge in [0.15, 0.2) is 0 Å². The molecule has 1 heterocycles. The molecule has 1 saturated heterocycles. The Morgan fingerprint density at radius 1 is 1.29 bits per heavy atom. The van der Waals surface area contributed by atoms with Crippen LogP contribution in [0, 0.1) is 11.3 Å². The van der Waals surface area contributed by atoms with Crippen LogP contribution in [0.5, 0.6) is 0 Å². The van der Waals surface area contributed by atoms with Crippen LogP contribution in [0.1, 0.15) is 12.8 Å². The van der Waals surface area contributed by atoms with Gasteiger partial charge < -0.3 is 15.5 Å². The lowest BCUT2D eigenvalue weighted by molar-refractivity contribution is -0.141. The highest BCUT2D eigenvalue weighted by Gasteiger charge is 2.68. The number of nitrogens with one attached hydrogen (secondary N) is 1. The van der Waals surface area contributed by atoms with Crippen molar-refractivity contribution < 1.29 is 24.6 Å². The smallest absolute Gasteiger partial charge is 0.326 e. The fourth-order valence-corrected chi connectivity index (χ4v) is 2.06. The van der Waals surface area contributed by atoms with Crippen molar-refractivity contribution in [2.45, 2.75) is 18.9 Å². The number of hydrogen-bond donors (Lipinski definition) is 3. The Labute approximate surface area is 78.9 Å². The minimum atomic E-state index is -1.11. The van der Waals surface area contributed by atoms with E-state index in [1.165, 1.54) is 0 Å². The standard InChI is InChI=1S/C8H9NO5/c10-5(11)3-1-8(3)2-4(6(12)13)9-7(8)14/h3-4H,1-2H2,(H,9,14)(H,10,11)(H,12,13)/t3-,4-,8-/m0/s1. The molecule has 1 spiro atoms. The number of amides is 1. The SMILES string of the molecule is O=C(O)[C@@H]1C[C@]2(C[C@H]2C(=O)O)C(=O)N1. The molecular weight excluding hydrogens is 190 g/mol. The van der Waals surface area contributed by atoms with E-state index in [1.54, 1.807) is 0 Å². The van der Waals surface area contributed by atoms with Crippen LogP contribution in [-0.4, -0.2) is 34.1 Å². The van der Waals surface area contributed by atoms with Gasteiger partial charge >= 0.3 is 11.9 Å². The van der Waals surface area contributed by atoms with Crippen LogP contribution in [0.15, 0.2) is 0 Å². The maximum atomic E-state index is 11.4. The molecule has 2 fully saturated rings. The first-order valence-corrected chi connectivity index (χ1v) is 4.24. The van der Waals surface area contributed by atoms with Gasteiger partial charge in [0.05, 0.1) is 11.3 Å². The van der Waals surface area contributed by atoms with Crippen LogP contribution < -0.4 is 5.32 Å². The zero-order valence-electron chi connectivity index (χ0n) is 7.19. The number of hydrogen-bond acceptors (Lipinski definition) is 3. The molecule has 3 N–H and O–H groups in total. The number of carboxylic acid groups (broad SMARTS) is 2. The van der Waals surface area contributed by atoms with E-state index in [0.717, 1.165) is 0 Å². The molecule has 1 aliphatic heterocycles. The summed E-state index contributed by atoms with van der Waals surface area (Å²) in [7, 11) is 0. The van der Waals surface area contributed by atoms with E-state index in [4.69, 9.17) is 10.2 Å². The highest BCUT2D eigenvalue weighted by molar-refractivity contribution is 5.98. The van der Waals surface area contributed by atoms with Crippen molar-refractivity contribution in [2.75, 3.05) is 0 Å². The molecule has 14 heavy (non-hydrogen) atoms. The molecule has 1 aliphatic carbocycles. The fraction of sp³-hybridized carbons (Fsp3) is 0.625. The van der Waals surface area contributed by atoms with E-state index in [9.17, 15) is 14.4 Å². The molecule has 6 nitrogen and oxygen atoms in total. The lowest BCUT2D eigenvalue weighted by Crippen LogP contribution is -2.33. The van der Waals surface area contributed by atoms with E-state index >= 15 is 0 Å². The monoisotopic (exact) mass is 199 g/mol. The summed E-state index contributed by atoms with van der Waals surface area (Å²) in [5.41, 5.74) is -0.936.